The Hall–Kier alpha value is -0.900. The highest BCUT2D eigenvalue weighted by Gasteiger charge is 2.34. The topological polar surface area (TPSA) is 44.5 Å². The van der Waals surface area contributed by atoms with Gasteiger partial charge >= 0.3 is 0 Å². The number of hydrogen-bond acceptors (Lipinski definition) is 3. The number of rotatable bonds is 4. The molecule has 0 unspecified atom stereocenters. The fourth-order valence-electron chi connectivity index (χ4n) is 2.55. The molecule has 3 nitrogen and oxygen atoms in total. The van der Waals surface area contributed by atoms with E-state index in [9.17, 15) is 0 Å². The second-order valence-electron chi connectivity index (χ2n) is 4.73. The van der Waals surface area contributed by atoms with Gasteiger partial charge in [0.2, 0.25) is 0 Å². The summed E-state index contributed by atoms with van der Waals surface area (Å²) in [6.45, 7) is 3.00. The van der Waals surface area contributed by atoms with Gasteiger partial charge in [-0.15, -0.1) is 0 Å². The van der Waals surface area contributed by atoms with Crippen LogP contribution in [0.25, 0.3) is 0 Å². The fourth-order valence-corrected chi connectivity index (χ4v) is 2.55. The standard InChI is InChI=1S/C14H21NO2/c1-16-11-14(6-8-17-9-7-14)13-4-2-12(10-15)3-5-13/h2-5H,6-11,15H2,1H3. The van der Waals surface area contributed by atoms with Crippen LogP contribution in [0.1, 0.15) is 24.0 Å². The van der Waals surface area contributed by atoms with Crippen LogP contribution in [0, 0.1) is 0 Å². The molecule has 0 aliphatic carbocycles. The SMILES string of the molecule is COCC1(c2ccc(CN)cc2)CCOCC1. The lowest BCUT2D eigenvalue weighted by Crippen LogP contribution is -2.37. The summed E-state index contributed by atoms with van der Waals surface area (Å²) in [6.07, 6.45) is 2.06. The van der Waals surface area contributed by atoms with Crippen LogP contribution < -0.4 is 5.73 Å². The third-order valence-electron chi connectivity index (χ3n) is 3.67. The summed E-state index contributed by atoms with van der Waals surface area (Å²) in [7, 11) is 1.77. The monoisotopic (exact) mass is 235 g/mol. The summed E-state index contributed by atoms with van der Waals surface area (Å²) in [5.74, 6) is 0. The first-order valence-corrected chi connectivity index (χ1v) is 6.17. The second kappa shape index (κ2) is 5.63. The molecule has 1 saturated heterocycles. The first-order chi connectivity index (χ1) is 8.30. The maximum atomic E-state index is 5.63. The van der Waals surface area contributed by atoms with E-state index in [1.165, 1.54) is 11.1 Å². The van der Waals surface area contributed by atoms with E-state index in [1.807, 2.05) is 0 Å². The highest BCUT2D eigenvalue weighted by Crippen LogP contribution is 2.35. The van der Waals surface area contributed by atoms with E-state index >= 15 is 0 Å². The van der Waals surface area contributed by atoms with Gasteiger partial charge in [0.1, 0.15) is 0 Å². The highest BCUT2D eigenvalue weighted by molar-refractivity contribution is 5.30. The molecule has 0 atom stereocenters. The largest absolute Gasteiger partial charge is 0.384 e. The summed E-state index contributed by atoms with van der Waals surface area (Å²) >= 11 is 0. The Morgan fingerprint density at radius 2 is 1.88 bits per heavy atom. The van der Waals surface area contributed by atoms with Crippen molar-refractivity contribution < 1.29 is 9.47 Å². The van der Waals surface area contributed by atoms with E-state index in [-0.39, 0.29) is 5.41 Å². The van der Waals surface area contributed by atoms with E-state index in [4.69, 9.17) is 15.2 Å². The minimum atomic E-state index is 0.125. The van der Waals surface area contributed by atoms with Crippen LogP contribution in [0.5, 0.6) is 0 Å². The molecule has 1 aliphatic heterocycles. The van der Waals surface area contributed by atoms with Crippen molar-refractivity contribution in [3.8, 4) is 0 Å². The predicted molar refractivity (Wildman–Crippen MR) is 67.9 cm³/mol. The maximum Gasteiger partial charge on any atom is 0.0560 e. The van der Waals surface area contributed by atoms with Crippen molar-refractivity contribution in [2.45, 2.75) is 24.8 Å². The van der Waals surface area contributed by atoms with Crippen molar-refractivity contribution in [3.05, 3.63) is 35.4 Å². The Morgan fingerprint density at radius 3 is 2.41 bits per heavy atom. The number of nitrogens with two attached hydrogens (primary N) is 1. The lowest BCUT2D eigenvalue weighted by molar-refractivity contribution is 0.0136. The van der Waals surface area contributed by atoms with Gasteiger partial charge in [-0.1, -0.05) is 24.3 Å². The zero-order chi connectivity index (χ0) is 12.1. The average molecular weight is 235 g/mol. The van der Waals surface area contributed by atoms with E-state index in [1.54, 1.807) is 7.11 Å². The number of benzene rings is 1. The van der Waals surface area contributed by atoms with E-state index < -0.39 is 0 Å². The van der Waals surface area contributed by atoms with Gasteiger partial charge in [0.05, 0.1) is 6.61 Å². The minimum absolute atomic E-state index is 0.125. The molecule has 2 N–H and O–H groups in total. The van der Waals surface area contributed by atoms with Gasteiger partial charge in [-0.3, -0.25) is 0 Å². The summed E-state index contributed by atoms with van der Waals surface area (Å²) in [5, 5.41) is 0. The average Bonchev–Trinajstić information content (AvgIpc) is 2.40. The minimum Gasteiger partial charge on any atom is -0.384 e. The summed E-state index contributed by atoms with van der Waals surface area (Å²) in [4.78, 5) is 0. The molecule has 2 rings (SSSR count). The van der Waals surface area contributed by atoms with E-state index in [0.717, 1.165) is 32.7 Å². The van der Waals surface area contributed by atoms with Gasteiger partial charge < -0.3 is 15.2 Å². The van der Waals surface area contributed by atoms with Crippen LogP contribution in [0.3, 0.4) is 0 Å². The van der Waals surface area contributed by atoms with Gasteiger partial charge in [0.25, 0.3) is 0 Å². The molecule has 0 amide bonds. The molecule has 1 aliphatic rings. The van der Waals surface area contributed by atoms with Gasteiger partial charge in [-0.25, -0.2) is 0 Å². The highest BCUT2D eigenvalue weighted by atomic mass is 16.5. The lowest BCUT2D eigenvalue weighted by atomic mass is 9.74. The Balaban J connectivity index is 2.24. The molecule has 0 radical (unpaired) electrons. The Kier molecular flexibility index (Phi) is 4.15. The van der Waals surface area contributed by atoms with E-state index in [0.29, 0.717) is 6.54 Å². The lowest BCUT2D eigenvalue weighted by Gasteiger charge is -2.37. The quantitative estimate of drug-likeness (QED) is 0.866. The molecular formula is C14H21NO2. The summed E-state index contributed by atoms with van der Waals surface area (Å²) in [5.41, 5.74) is 8.27. The molecule has 0 saturated carbocycles. The Bertz CT molecular complexity index is 336. The van der Waals surface area contributed by atoms with Crippen LogP contribution in [-0.2, 0) is 21.4 Å². The van der Waals surface area contributed by atoms with Crippen LogP contribution in [0.2, 0.25) is 0 Å². The first-order valence-electron chi connectivity index (χ1n) is 6.17. The first kappa shape index (κ1) is 12.6. The van der Waals surface area contributed by atoms with Crippen LogP contribution in [0.4, 0.5) is 0 Å². The number of ether oxygens (including phenoxy) is 2. The van der Waals surface area contributed by atoms with Gasteiger partial charge in [-0.2, -0.15) is 0 Å². The van der Waals surface area contributed by atoms with Crippen molar-refractivity contribution in [3.63, 3.8) is 0 Å². The molecule has 17 heavy (non-hydrogen) atoms. The smallest absolute Gasteiger partial charge is 0.0560 e. The Morgan fingerprint density at radius 1 is 1.24 bits per heavy atom. The normalized spacial score (nSPS) is 19.2. The molecule has 94 valence electrons. The van der Waals surface area contributed by atoms with Crippen molar-refractivity contribution >= 4 is 0 Å². The van der Waals surface area contributed by atoms with Gasteiger partial charge in [-0.05, 0) is 24.0 Å². The Labute approximate surface area is 103 Å². The van der Waals surface area contributed by atoms with Gasteiger partial charge in [0, 0.05) is 32.3 Å². The summed E-state index contributed by atoms with van der Waals surface area (Å²) < 4.78 is 10.9. The van der Waals surface area contributed by atoms with Crippen molar-refractivity contribution in [2.75, 3.05) is 26.9 Å². The van der Waals surface area contributed by atoms with Crippen molar-refractivity contribution in [1.82, 2.24) is 0 Å². The second-order valence-corrected chi connectivity index (χ2v) is 4.73. The number of hydrogen-bond donors (Lipinski definition) is 1. The van der Waals surface area contributed by atoms with E-state index in [2.05, 4.69) is 24.3 Å². The molecule has 0 bridgehead atoms. The molecule has 3 heteroatoms. The van der Waals surface area contributed by atoms with Crippen molar-refractivity contribution in [1.29, 1.82) is 0 Å². The van der Waals surface area contributed by atoms with Gasteiger partial charge in [0.15, 0.2) is 0 Å². The zero-order valence-electron chi connectivity index (χ0n) is 10.4. The molecule has 1 heterocycles. The summed E-state index contributed by atoms with van der Waals surface area (Å²) in [6, 6.07) is 8.60. The maximum absolute atomic E-state index is 5.63. The number of methoxy groups -OCH3 is 1. The predicted octanol–water partition coefficient (Wildman–Crippen LogP) is 1.84. The molecule has 1 fully saturated rings. The van der Waals surface area contributed by atoms with Crippen LogP contribution in [-0.4, -0.2) is 26.9 Å². The molecular weight excluding hydrogens is 214 g/mol. The zero-order valence-corrected chi connectivity index (χ0v) is 10.4. The van der Waals surface area contributed by atoms with Crippen LogP contribution >= 0.6 is 0 Å². The van der Waals surface area contributed by atoms with Crippen LogP contribution in [0.15, 0.2) is 24.3 Å². The third-order valence-corrected chi connectivity index (χ3v) is 3.67. The molecule has 1 aromatic carbocycles. The third kappa shape index (κ3) is 2.68. The molecule has 0 aromatic heterocycles. The van der Waals surface area contributed by atoms with Crippen molar-refractivity contribution in [2.24, 2.45) is 5.73 Å². The molecule has 1 aromatic rings. The fraction of sp³-hybridized carbons (Fsp3) is 0.571. The molecule has 0 spiro atoms.